The molecule has 0 aromatic rings. The van der Waals surface area contributed by atoms with E-state index in [9.17, 15) is 4.79 Å². The predicted molar refractivity (Wildman–Crippen MR) is 154 cm³/mol. The normalized spacial score (nSPS) is 51.3. The average Bonchev–Trinajstić information content (AvgIpc) is 3.17. The van der Waals surface area contributed by atoms with Crippen molar-refractivity contribution in [2.75, 3.05) is 6.61 Å². The maximum absolute atomic E-state index is 11.2. The highest BCUT2D eigenvalue weighted by atomic mass is 16.5. The van der Waals surface area contributed by atoms with Gasteiger partial charge < -0.3 is 4.74 Å². The monoisotopic (exact) mass is 512 g/mol. The molecule has 5 aliphatic rings. The SMILES string of the molecule is CC(=O)OCCC[C@@H](C)[C@H]1CC[C@]2(C)[C@H]3CC[C@@H]4[C@@]5(C)CC[C@@H](C)C(C)(C)[C@@H]5CC[C@@]4(C)[C@]3(C)CC[C@@H]12. The summed E-state index contributed by atoms with van der Waals surface area (Å²) in [5.74, 6) is 5.95. The Balaban J connectivity index is 1.36. The zero-order chi connectivity index (χ0) is 27.0. The van der Waals surface area contributed by atoms with Gasteiger partial charge in [0.25, 0.3) is 0 Å². The molecular formula is C35H60O2. The lowest BCUT2D eigenvalue weighted by Crippen LogP contribution is -2.66. The van der Waals surface area contributed by atoms with Gasteiger partial charge in [0.2, 0.25) is 0 Å². The van der Waals surface area contributed by atoms with Gasteiger partial charge in [0.15, 0.2) is 0 Å². The highest BCUT2D eigenvalue weighted by molar-refractivity contribution is 5.65. The smallest absolute Gasteiger partial charge is 0.302 e. The number of carbonyl (C=O) groups is 1. The van der Waals surface area contributed by atoms with Crippen molar-refractivity contribution in [3.8, 4) is 0 Å². The fourth-order valence-electron chi connectivity index (χ4n) is 12.9. The summed E-state index contributed by atoms with van der Waals surface area (Å²) in [4.78, 5) is 11.2. The van der Waals surface area contributed by atoms with E-state index < -0.39 is 0 Å². The minimum absolute atomic E-state index is 0.133. The van der Waals surface area contributed by atoms with Crippen LogP contribution in [-0.2, 0) is 9.53 Å². The van der Waals surface area contributed by atoms with Crippen molar-refractivity contribution >= 4 is 5.97 Å². The van der Waals surface area contributed by atoms with Crippen LogP contribution < -0.4 is 0 Å². The topological polar surface area (TPSA) is 26.3 Å². The molecule has 2 heteroatoms. The van der Waals surface area contributed by atoms with Crippen LogP contribution in [0.3, 0.4) is 0 Å². The lowest BCUT2D eigenvalue weighted by molar-refractivity contribution is -0.246. The molecule has 0 amide bonds. The van der Waals surface area contributed by atoms with Gasteiger partial charge in [0.1, 0.15) is 0 Å². The van der Waals surface area contributed by atoms with E-state index in [1.165, 1.54) is 77.6 Å². The first-order chi connectivity index (χ1) is 17.2. The minimum Gasteiger partial charge on any atom is -0.466 e. The van der Waals surface area contributed by atoms with Crippen LogP contribution in [0.15, 0.2) is 0 Å². The fourth-order valence-corrected chi connectivity index (χ4v) is 12.9. The third-order valence-electron chi connectivity index (χ3n) is 15.4. The van der Waals surface area contributed by atoms with E-state index in [0.29, 0.717) is 33.7 Å². The Kier molecular flexibility index (Phi) is 7.01. The molecule has 0 unspecified atom stereocenters. The number of fused-ring (bicyclic) bond motifs is 7. The van der Waals surface area contributed by atoms with E-state index in [2.05, 4.69) is 55.4 Å². The second kappa shape index (κ2) is 9.26. The average molecular weight is 513 g/mol. The van der Waals surface area contributed by atoms with Gasteiger partial charge in [0.05, 0.1) is 6.61 Å². The van der Waals surface area contributed by atoms with Gasteiger partial charge in [0, 0.05) is 6.92 Å². The molecule has 0 aromatic carbocycles. The molecule has 37 heavy (non-hydrogen) atoms. The van der Waals surface area contributed by atoms with E-state index in [-0.39, 0.29) is 5.97 Å². The van der Waals surface area contributed by atoms with Gasteiger partial charge in [-0.25, -0.2) is 0 Å². The van der Waals surface area contributed by atoms with Crippen LogP contribution in [0.2, 0.25) is 0 Å². The summed E-state index contributed by atoms with van der Waals surface area (Å²) in [6.07, 6.45) is 16.8. The number of ether oxygens (including phenoxy) is 1. The van der Waals surface area contributed by atoms with Crippen LogP contribution in [-0.4, -0.2) is 12.6 Å². The number of hydrogen-bond acceptors (Lipinski definition) is 2. The predicted octanol–water partition coefficient (Wildman–Crippen LogP) is 9.70. The molecule has 0 saturated heterocycles. The molecule has 212 valence electrons. The van der Waals surface area contributed by atoms with Crippen molar-refractivity contribution in [2.24, 2.45) is 68.5 Å². The number of esters is 1. The summed E-state index contributed by atoms with van der Waals surface area (Å²) in [6, 6.07) is 0. The van der Waals surface area contributed by atoms with Crippen molar-refractivity contribution in [2.45, 2.75) is 139 Å². The molecule has 5 aliphatic carbocycles. The van der Waals surface area contributed by atoms with Crippen molar-refractivity contribution < 1.29 is 9.53 Å². The van der Waals surface area contributed by atoms with E-state index in [1.807, 2.05) is 0 Å². The van der Waals surface area contributed by atoms with E-state index >= 15 is 0 Å². The van der Waals surface area contributed by atoms with Crippen LogP contribution in [0.5, 0.6) is 0 Å². The number of rotatable bonds is 5. The Morgan fingerprint density at radius 1 is 0.784 bits per heavy atom. The van der Waals surface area contributed by atoms with Crippen LogP contribution in [0, 0.1) is 68.5 Å². The van der Waals surface area contributed by atoms with Crippen LogP contribution in [0.1, 0.15) is 139 Å². The molecule has 5 saturated carbocycles. The minimum atomic E-state index is -0.133. The first-order valence-corrected chi connectivity index (χ1v) is 16.3. The Hall–Kier alpha value is -0.530. The van der Waals surface area contributed by atoms with E-state index in [0.717, 1.165) is 47.8 Å². The van der Waals surface area contributed by atoms with Gasteiger partial charge in [-0.3, -0.25) is 4.79 Å². The second-order valence-electron chi connectivity index (χ2n) is 16.7. The third-order valence-corrected chi connectivity index (χ3v) is 15.4. The van der Waals surface area contributed by atoms with Gasteiger partial charge in [-0.05, 0) is 146 Å². The first kappa shape index (κ1) is 28.0. The zero-order valence-electron chi connectivity index (χ0n) is 26.1. The summed E-state index contributed by atoms with van der Waals surface area (Å²) in [6.45, 7) is 23.5. The maximum atomic E-state index is 11.2. The van der Waals surface area contributed by atoms with Crippen LogP contribution in [0.4, 0.5) is 0 Å². The molecular weight excluding hydrogens is 452 g/mol. The van der Waals surface area contributed by atoms with E-state index in [1.54, 1.807) is 0 Å². The number of carbonyl (C=O) groups excluding carboxylic acids is 1. The van der Waals surface area contributed by atoms with Crippen molar-refractivity contribution in [3.05, 3.63) is 0 Å². The van der Waals surface area contributed by atoms with Crippen molar-refractivity contribution in [1.82, 2.24) is 0 Å². The summed E-state index contributed by atoms with van der Waals surface area (Å²) >= 11 is 0. The summed E-state index contributed by atoms with van der Waals surface area (Å²) < 4.78 is 5.25. The lowest BCUT2D eigenvalue weighted by Gasteiger charge is -2.73. The fraction of sp³-hybridized carbons (Fsp3) is 0.971. The Morgan fingerprint density at radius 2 is 1.38 bits per heavy atom. The third kappa shape index (κ3) is 3.94. The largest absolute Gasteiger partial charge is 0.466 e. The Labute approximate surface area is 229 Å². The van der Waals surface area contributed by atoms with Gasteiger partial charge in [-0.1, -0.05) is 55.4 Å². The first-order valence-electron chi connectivity index (χ1n) is 16.3. The molecule has 2 nitrogen and oxygen atoms in total. The van der Waals surface area contributed by atoms with E-state index in [4.69, 9.17) is 4.74 Å². The highest BCUT2D eigenvalue weighted by Gasteiger charge is 2.70. The molecule has 0 N–H and O–H groups in total. The molecule has 0 bridgehead atoms. The molecule has 0 radical (unpaired) electrons. The molecule has 11 atom stereocenters. The Bertz CT molecular complexity index is 876. The standard InChI is InChI=1S/C35H60O2/c1-23(11-10-22-37-25(3)36)26-15-19-32(6)27(26)16-20-34(8)29(32)12-13-30-33(7)18-14-24(2)31(4,5)28(33)17-21-35(30,34)9/h23-24,26-30H,10-22H2,1-9H3/t23-,24-,26-,27+,28+,29-,30-,32+,33+,34-,35-/m1/s1. The summed E-state index contributed by atoms with van der Waals surface area (Å²) in [5, 5.41) is 0. The maximum Gasteiger partial charge on any atom is 0.302 e. The molecule has 0 aliphatic heterocycles. The molecule has 5 fully saturated rings. The quantitative estimate of drug-likeness (QED) is 0.271. The van der Waals surface area contributed by atoms with Crippen molar-refractivity contribution in [1.29, 1.82) is 0 Å². The molecule has 0 heterocycles. The molecule has 0 aromatic heterocycles. The van der Waals surface area contributed by atoms with Gasteiger partial charge in [-0.15, -0.1) is 0 Å². The lowest BCUT2D eigenvalue weighted by atomic mass is 9.31. The van der Waals surface area contributed by atoms with Crippen molar-refractivity contribution in [3.63, 3.8) is 0 Å². The van der Waals surface area contributed by atoms with Crippen LogP contribution in [0.25, 0.3) is 0 Å². The zero-order valence-corrected chi connectivity index (χ0v) is 26.1. The number of hydrogen-bond donors (Lipinski definition) is 0. The summed E-state index contributed by atoms with van der Waals surface area (Å²) in [7, 11) is 0. The highest BCUT2D eigenvalue weighted by Crippen LogP contribution is 2.78. The van der Waals surface area contributed by atoms with Gasteiger partial charge >= 0.3 is 5.97 Å². The molecule has 5 rings (SSSR count). The molecule has 0 spiro atoms. The van der Waals surface area contributed by atoms with Gasteiger partial charge in [-0.2, -0.15) is 0 Å². The summed E-state index contributed by atoms with van der Waals surface area (Å²) in [5.41, 5.74) is 2.53. The second-order valence-corrected chi connectivity index (χ2v) is 16.7. The van der Waals surface area contributed by atoms with Crippen LogP contribution >= 0.6 is 0 Å². The Morgan fingerprint density at radius 3 is 2.03 bits per heavy atom.